The monoisotopic (exact) mass is 279 g/mol. The summed E-state index contributed by atoms with van der Waals surface area (Å²) in [5, 5.41) is 6.96. The lowest BCUT2D eigenvalue weighted by atomic mass is 9.69. The van der Waals surface area contributed by atoms with Crippen LogP contribution in [0.25, 0.3) is 0 Å². The van der Waals surface area contributed by atoms with E-state index in [1.54, 1.807) is 0 Å². The first kappa shape index (κ1) is 13.6. The molecule has 0 heterocycles. The van der Waals surface area contributed by atoms with E-state index in [1.165, 1.54) is 26.2 Å². The molecule has 0 amide bonds. The van der Waals surface area contributed by atoms with Crippen molar-refractivity contribution in [2.45, 2.75) is 51.2 Å². The van der Waals surface area contributed by atoms with E-state index in [-0.39, 0.29) is 18.2 Å². The van der Waals surface area contributed by atoms with Gasteiger partial charge in [0.2, 0.25) is 0 Å². The van der Waals surface area contributed by atoms with E-state index in [1.807, 2.05) is 0 Å². The normalized spacial score (nSPS) is 41.9. The Hall–Kier alpha value is -1.39. The van der Waals surface area contributed by atoms with Crippen LogP contribution >= 0.6 is 0 Å². The molecule has 3 saturated carbocycles. The molecule has 0 aromatic heterocycles. The third kappa shape index (κ3) is 2.34. The van der Waals surface area contributed by atoms with Gasteiger partial charge in [-0.25, -0.2) is 4.79 Å². The van der Waals surface area contributed by atoms with Crippen molar-refractivity contribution < 1.29 is 19.1 Å². The highest BCUT2D eigenvalue weighted by Gasteiger charge is 2.53. The fraction of sp³-hybridized carbons (Fsp3) is 0.800. The zero-order valence-corrected chi connectivity index (χ0v) is 11.7. The summed E-state index contributed by atoms with van der Waals surface area (Å²) in [6.07, 6.45) is 5.42. The second-order valence-corrected chi connectivity index (χ2v) is 6.40. The maximum absolute atomic E-state index is 11.4. The Morgan fingerprint density at radius 2 is 1.55 bits per heavy atom. The van der Waals surface area contributed by atoms with Gasteiger partial charge in [-0.2, -0.15) is 0 Å². The molecule has 0 aromatic rings. The van der Waals surface area contributed by atoms with Gasteiger partial charge < -0.3 is 14.9 Å². The van der Waals surface area contributed by atoms with Crippen LogP contribution in [0.5, 0.6) is 0 Å². The van der Waals surface area contributed by atoms with Gasteiger partial charge in [0.1, 0.15) is 18.4 Å². The number of hydrogen-bond donors (Lipinski definition) is 1. The average Bonchev–Trinajstić information content (AvgIpc) is 3.00. The molecule has 3 fully saturated rings. The molecule has 5 heteroatoms. The summed E-state index contributed by atoms with van der Waals surface area (Å²) in [6.45, 7) is 1.39. The minimum absolute atomic E-state index is 0.326. The summed E-state index contributed by atoms with van der Waals surface area (Å²) in [7, 11) is 0. The van der Waals surface area contributed by atoms with Crippen LogP contribution < -0.4 is 0 Å². The second kappa shape index (κ2) is 5.19. The van der Waals surface area contributed by atoms with Crippen molar-refractivity contribution in [3.05, 3.63) is 0 Å². The summed E-state index contributed by atoms with van der Waals surface area (Å²) >= 11 is 0. The molecular formula is C15H21NO4. The number of carbonyl (C=O) groups is 2. The standard InChI is InChI=1S/C15H21NO4/c1-8(17)19-13-5-11-9-2-3-10(4-9)12(11)6-14(13)20-15(18)7-16/h7,9-14,16H,2-6H2,1H3. The van der Waals surface area contributed by atoms with Crippen molar-refractivity contribution in [1.82, 2.24) is 0 Å². The molecule has 6 unspecified atom stereocenters. The Bertz CT molecular complexity index is 436. The van der Waals surface area contributed by atoms with Crippen molar-refractivity contribution in [2.24, 2.45) is 23.7 Å². The fourth-order valence-corrected chi connectivity index (χ4v) is 4.75. The first-order valence-corrected chi connectivity index (χ1v) is 7.46. The van der Waals surface area contributed by atoms with Crippen LogP contribution in [0.2, 0.25) is 0 Å². The predicted octanol–water partition coefficient (Wildman–Crippen LogP) is 1.94. The van der Waals surface area contributed by atoms with E-state index in [0.29, 0.717) is 18.1 Å². The number of rotatable bonds is 3. The molecule has 6 atom stereocenters. The Balaban J connectivity index is 1.74. The minimum atomic E-state index is -0.645. The van der Waals surface area contributed by atoms with E-state index < -0.39 is 5.97 Å². The van der Waals surface area contributed by atoms with Crippen LogP contribution in [-0.4, -0.2) is 30.4 Å². The number of fused-ring (bicyclic) bond motifs is 5. The van der Waals surface area contributed by atoms with Gasteiger partial charge in [0.15, 0.2) is 0 Å². The molecule has 0 spiro atoms. The molecular weight excluding hydrogens is 258 g/mol. The predicted molar refractivity (Wildman–Crippen MR) is 71.3 cm³/mol. The summed E-state index contributed by atoms with van der Waals surface area (Å²) in [5.41, 5.74) is 0. The Morgan fingerprint density at radius 1 is 1.00 bits per heavy atom. The number of carbonyl (C=O) groups excluding carboxylic acids is 2. The highest BCUT2D eigenvalue weighted by molar-refractivity contribution is 6.21. The van der Waals surface area contributed by atoms with Gasteiger partial charge in [0.05, 0.1) is 0 Å². The van der Waals surface area contributed by atoms with Crippen LogP contribution in [0.1, 0.15) is 39.0 Å². The van der Waals surface area contributed by atoms with Gasteiger partial charge in [0.25, 0.3) is 0 Å². The molecule has 3 aliphatic carbocycles. The summed E-state index contributed by atoms with van der Waals surface area (Å²) in [6, 6.07) is 0. The number of ether oxygens (including phenoxy) is 2. The smallest absolute Gasteiger partial charge is 0.349 e. The quantitative estimate of drug-likeness (QED) is 0.632. The highest BCUT2D eigenvalue weighted by atomic mass is 16.6. The zero-order chi connectivity index (χ0) is 14.3. The van der Waals surface area contributed by atoms with Gasteiger partial charge in [-0.3, -0.25) is 4.79 Å². The molecule has 0 aromatic carbocycles. The molecule has 5 nitrogen and oxygen atoms in total. The summed E-state index contributed by atoms with van der Waals surface area (Å²) < 4.78 is 10.7. The molecule has 0 aliphatic heterocycles. The molecule has 3 rings (SSSR count). The Kier molecular flexibility index (Phi) is 3.52. The fourth-order valence-electron chi connectivity index (χ4n) is 4.75. The lowest BCUT2D eigenvalue weighted by molar-refractivity contribution is -0.171. The van der Waals surface area contributed by atoms with Gasteiger partial charge in [0, 0.05) is 6.92 Å². The lowest BCUT2D eigenvalue weighted by Crippen LogP contribution is -2.45. The molecule has 20 heavy (non-hydrogen) atoms. The van der Waals surface area contributed by atoms with E-state index in [4.69, 9.17) is 14.9 Å². The molecule has 2 bridgehead atoms. The van der Waals surface area contributed by atoms with Crippen LogP contribution in [0.4, 0.5) is 0 Å². The van der Waals surface area contributed by atoms with E-state index in [0.717, 1.165) is 24.7 Å². The van der Waals surface area contributed by atoms with E-state index >= 15 is 0 Å². The molecule has 0 radical (unpaired) electrons. The minimum Gasteiger partial charge on any atom is -0.459 e. The van der Waals surface area contributed by atoms with Crippen molar-refractivity contribution in [1.29, 1.82) is 5.41 Å². The molecule has 1 N–H and O–H groups in total. The number of nitrogens with one attached hydrogen (secondary N) is 1. The number of esters is 2. The van der Waals surface area contributed by atoms with Gasteiger partial charge in [-0.1, -0.05) is 0 Å². The van der Waals surface area contributed by atoms with Gasteiger partial charge >= 0.3 is 11.9 Å². The first-order valence-electron chi connectivity index (χ1n) is 7.46. The van der Waals surface area contributed by atoms with Crippen LogP contribution in [-0.2, 0) is 19.1 Å². The lowest BCUT2D eigenvalue weighted by Gasteiger charge is -2.42. The topological polar surface area (TPSA) is 76.5 Å². The average molecular weight is 279 g/mol. The second-order valence-electron chi connectivity index (χ2n) is 6.40. The van der Waals surface area contributed by atoms with Crippen molar-refractivity contribution in [2.75, 3.05) is 0 Å². The van der Waals surface area contributed by atoms with Crippen LogP contribution in [0.3, 0.4) is 0 Å². The van der Waals surface area contributed by atoms with Crippen molar-refractivity contribution >= 4 is 18.2 Å². The molecule has 110 valence electrons. The Morgan fingerprint density at radius 3 is 2.05 bits per heavy atom. The van der Waals surface area contributed by atoms with Crippen LogP contribution in [0, 0.1) is 29.1 Å². The SMILES string of the molecule is CC(=O)OC1CC2C3CCC(C3)C2CC1OC(=O)C=N. The maximum atomic E-state index is 11.4. The van der Waals surface area contributed by atoms with E-state index in [2.05, 4.69) is 0 Å². The number of hydrogen-bond acceptors (Lipinski definition) is 5. The summed E-state index contributed by atoms with van der Waals surface area (Å²) in [4.78, 5) is 22.6. The van der Waals surface area contributed by atoms with Gasteiger partial charge in [-0.15, -0.1) is 0 Å². The van der Waals surface area contributed by atoms with Crippen LogP contribution in [0.15, 0.2) is 0 Å². The molecule has 3 aliphatic rings. The first-order chi connectivity index (χ1) is 9.58. The Labute approximate surface area is 118 Å². The summed E-state index contributed by atoms with van der Waals surface area (Å²) in [5.74, 6) is 1.77. The third-order valence-corrected chi connectivity index (χ3v) is 5.40. The van der Waals surface area contributed by atoms with Crippen molar-refractivity contribution in [3.63, 3.8) is 0 Å². The zero-order valence-electron chi connectivity index (χ0n) is 11.7. The van der Waals surface area contributed by atoms with Gasteiger partial charge in [-0.05, 0) is 55.8 Å². The highest BCUT2D eigenvalue weighted by Crippen LogP contribution is 2.57. The largest absolute Gasteiger partial charge is 0.459 e. The van der Waals surface area contributed by atoms with Crippen molar-refractivity contribution in [3.8, 4) is 0 Å². The molecule has 0 saturated heterocycles. The maximum Gasteiger partial charge on any atom is 0.349 e. The third-order valence-electron chi connectivity index (χ3n) is 5.40. The van der Waals surface area contributed by atoms with E-state index in [9.17, 15) is 9.59 Å².